The monoisotopic (exact) mass is 251 g/mol. The van der Waals surface area contributed by atoms with Gasteiger partial charge in [0.05, 0.1) is 22.3 Å². The van der Waals surface area contributed by atoms with Gasteiger partial charge in [0.1, 0.15) is 0 Å². The summed E-state index contributed by atoms with van der Waals surface area (Å²) in [6.45, 7) is 1.54. The molecule has 0 spiro atoms. The molecular formula is C12H14ClN3O. The molecule has 0 atom stereocenters. The number of halogens is 1. The maximum Gasteiger partial charge on any atom is 0.261 e. The Kier molecular flexibility index (Phi) is 3.76. The highest BCUT2D eigenvalue weighted by molar-refractivity contribution is 6.34. The molecule has 0 saturated heterocycles. The number of para-hydroxylation sites is 1. The van der Waals surface area contributed by atoms with Crippen LogP contribution in [0.3, 0.4) is 0 Å². The van der Waals surface area contributed by atoms with Gasteiger partial charge in [0.2, 0.25) is 0 Å². The lowest BCUT2D eigenvalue weighted by Crippen LogP contribution is -2.22. The van der Waals surface area contributed by atoms with Gasteiger partial charge in [0.15, 0.2) is 0 Å². The Balaban J connectivity index is 2.41. The molecule has 0 aliphatic heterocycles. The molecular weight excluding hydrogens is 238 g/mol. The minimum absolute atomic E-state index is 0.0337. The SMILES string of the molecule is CNCCCn1cnc2c(Cl)cccc2c1=O. The first-order valence-corrected chi connectivity index (χ1v) is 5.90. The van der Waals surface area contributed by atoms with E-state index in [9.17, 15) is 4.79 Å². The van der Waals surface area contributed by atoms with Gasteiger partial charge in [-0.1, -0.05) is 17.7 Å². The third-order valence-corrected chi connectivity index (χ3v) is 2.94. The summed E-state index contributed by atoms with van der Waals surface area (Å²) in [6.07, 6.45) is 2.45. The van der Waals surface area contributed by atoms with Crippen molar-refractivity contribution < 1.29 is 0 Å². The van der Waals surface area contributed by atoms with E-state index in [1.807, 2.05) is 7.05 Å². The van der Waals surface area contributed by atoms with Crippen molar-refractivity contribution in [3.63, 3.8) is 0 Å². The fourth-order valence-corrected chi connectivity index (χ4v) is 1.96. The van der Waals surface area contributed by atoms with Crippen molar-refractivity contribution in [3.8, 4) is 0 Å². The first kappa shape index (κ1) is 12.1. The zero-order valence-electron chi connectivity index (χ0n) is 9.61. The van der Waals surface area contributed by atoms with E-state index in [0.29, 0.717) is 22.5 Å². The summed E-state index contributed by atoms with van der Waals surface area (Å²) in [5.41, 5.74) is 0.539. The number of fused-ring (bicyclic) bond motifs is 1. The normalized spacial score (nSPS) is 10.9. The maximum absolute atomic E-state index is 12.1. The minimum Gasteiger partial charge on any atom is -0.320 e. The van der Waals surface area contributed by atoms with Crippen molar-refractivity contribution in [1.29, 1.82) is 0 Å². The van der Waals surface area contributed by atoms with Crippen molar-refractivity contribution in [2.24, 2.45) is 0 Å². The molecule has 1 aromatic carbocycles. The van der Waals surface area contributed by atoms with Crippen LogP contribution in [0, 0.1) is 0 Å². The fraction of sp³-hybridized carbons (Fsp3) is 0.333. The fourth-order valence-electron chi connectivity index (χ4n) is 1.74. The lowest BCUT2D eigenvalue weighted by atomic mass is 10.2. The first-order chi connectivity index (χ1) is 8.24. The number of aryl methyl sites for hydroxylation is 1. The van der Waals surface area contributed by atoms with E-state index < -0.39 is 0 Å². The van der Waals surface area contributed by atoms with Crippen molar-refractivity contribution in [3.05, 3.63) is 39.9 Å². The molecule has 1 heterocycles. The molecule has 5 heteroatoms. The molecule has 2 rings (SSSR count). The molecule has 0 unspecified atom stereocenters. The molecule has 0 amide bonds. The lowest BCUT2D eigenvalue weighted by Gasteiger charge is -2.06. The average molecular weight is 252 g/mol. The zero-order valence-corrected chi connectivity index (χ0v) is 10.4. The second kappa shape index (κ2) is 5.29. The summed E-state index contributed by atoms with van der Waals surface area (Å²) < 4.78 is 1.62. The molecule has 0 fully saturated rings. The van der Waals surface area contributed by atoms with E-state index in [0.717, 1.165) is 13.0 Å². The predicted octanol–water partition coefficient (Wildman–Crippen LogP) is 1.66. The Bertz CT molecular complexity index is 579. The number of hydrogen-bond acceptors (Lipinski definition) is 3. The summed E-state index contributed by atoms with van der Waals surface area (Å²) in [5, 5.41) is 4.14. The van der Waals surface area contributed by atoms with E-state index in [1.165, 1.54) is 0 Å². The van der Waals surface area contributed by atoms with Crippen LogP contribution < -0.4 is 10.9 Å². The predicted molar refractivity (Wildman–Crippen MR) is 69.6 cm³/mol. The Morgan fingerprint density at radius 1 is 1.47 bits per heavy atom. The number of rotatable bonds is 4. The van der Waals surface area contributed by atoms with Crippen molar-refractivity contribution in [1.82, 2.24) is 14.9 Å². The highest BCUT2D eigenvalue weighted by atomic mass is 35.5. The van der Waals surface area contributed by atoms with Crippen molar-refractivity contribution in [2.45, 2.75) is 13.0 Å². The van der Waals surface area contributed by atoms with Crippen LogP contribution in [0.2, 0.25) is 5.02 Å². The van der Waals surface area contributed by atoms with Gasteiger partial charge >= 0.3 is 0 Å². The molecule has 0 aliphatic carbocycles. The average Bonchev–Trinajstić information content (AvgIpc) is 2.33. The third-order valence-electron chi connectivity index (χ3n) is 2.63. The van der Waals surface area contributed by atoms with Crippen LogP contribution in [-0.2, 0) is 6.54 Å². The quantitative estimate of drug-likeness (QED) is 0.841. The summed E-state index contributed by atoms with van der Waals surface area (Å²) in [5.74, 6) is 0. The van der Waals surface area contributed by atoms with Gasteiger partial charge in [-0.15, -0.1) is 0 Å². The highest BCUT2D eigenvalue weighted by Gasteiger charge is 2.05. The molecule has 0 aliphatic rings. The molecule has 0 radical (unpaired) electrons. The Hall–Kier alpha value is -1.39. The van der Waals surface area contributed by atoms with Gasteiger partial charge < -0.3 is 5.32 Å². The molecule has 1 N–H and O–H groups in total. The summed E-state index contributed by atoms with van der Waals surface area (Å²) in [6, 6.07) is 5.26. The Morgan fingerprint density at radius 2 is 2.29 bits per heavy atom. The van der Waals surface area contributed by atoms with Crippen LogP contribution in [-0.4, -0.2) is 23.1 Å². The number of aromatic nitrogens is 2. The summed E-state index contributed by atoms with van der Waals surface area (Å²) in [7, 11) is 1.89. The summed E-state index contributed by atoms with van der Waals surface area (Å²) >= 11 is 5.99. The van der Waals surface area contributed by atoms with Crippen LogP contribution in [0.4, 0.5) is 0 Å². The zero-order chi connectivity index (χ0) is 12.3. The molecule has 0 bridgehead atoms. The standard InChI is InChI=1S/C12H14ClN3O/c1-14-6-3-7-16-8-15-11-9(12(16)17)4-2-5-10(11)13/h2,4-5,8,14H,3,6-7H2,1H3. The van der Waals surface area contributed by atoms with Crippen molar-refractivity contribution >= 4 is 22.5 Å². The molecule has 4 nitrogen and oxygen atoms in total. The Morgan fingerprint density at radius 3 is 3.06 bits per heavy atom. The van der Waals surface area contributed by atoms with Crippen LogP contribution in [0.5, 0.6) is 0 Å². The number of benzene rings is 1. The Labute approximate surface area is 104 Å². The van der Waals surface area contributed by atoms with Crippen molar-refractivity contribution in [2.75, 3.05) is 13.6 Å². The largest absolute Gasteiger partial charge is 0.320 e. The molecule has 1 aromatic heterocycles. The minimum atomic E-state index is -0.0337. The van der Waals surface area contributed by atoms with Crippen LogP contribution >= 0.6 is 11.6 Å². The highest BCUT2D eigenvalue weighted by Crippen LogP contribution is 2.17. The third kappa shape index (κ3) is 2.48. The number of nitrogens with one attached hydrogen (secondary N) is 1. The van der Waals surface area contributed by atoms with Gasteiger partial charge in [-0.3, -0.25) is 9.36 Å². The molecule has 17 heavy (non-hydrogen) atoms. The first-order valence-electron chi connectivity index (χ1n) is 5.52. The van der Waals surface area contributed by atoms with Crippen LogP contribution in [0.1, 0.15) is 6.42 Å². The summed E-state index contributed by atoms with van der Waals surface area (Å²) in [4.78, 5) is 16.3. The van der Waals surface area contributed by atoms with E-state index in [2.05, 4.69) is 10.3 Å². The topological polar surface area (TPSA) is 46.9 Å². The molecule has 2 aromatic rings. The maximum atomic E-state index is 12.1. The van der Waals surface area contributed by atoms with Gasteiger partial charge in [0.25, 0.3) is 5.56 Å². The van der Waals surface area contributed by atoms with Gasteiger partial charge in [0, 0.05) is 6.54 Å². The van der Waals surface area contributed by atoms with E-state index in [4.69, 9.17) is 11.6 Å². The van der Waals surface area contributed by atoms with Gasteiger partial charge in [-0.25, -0.2) is 4.98 Å². The van der Waals surface area contributed by atoms with E-state index in [-0.39, 0.29) is 5.56 Å². The number of nitrogens with zero attached hydrogens (tertiary/aromatic N) is 2. The number of hydrogen-bond donors (Lipinski definition) is 1. The smallest absolute Gasteiger partial charge is 0.261 e. The van der Waals surface area contributed by atoms with E-state index >= 15 is 0 Å². The van der Waals surface area contributed by atoms with E-state index in [1.54, 1.807) is 29.1 Å². The lowest BCUT2D eigenvalue weighted by molar-refractivity contribution is 0.594. The molecule has 0 saturated carbocycles. The van der Waals surface area contributed by atoms with Crippen LogP contribution in [0.15, 0.2) is 29.3 Å². The van der Waals surface area contributed by atoms with Crippen LogP contribution in [0.25, 0.3) is 10.9 Å². The van der Waals surface area contributed by atoms with Gasteiger partial charge in [-0.05, 0) is 32.1 Å². The second-order valence-electron chi connectivity index (χ2n) is 3.84. The second-order valence-corrected chi connectivity index (χ2v) is 4.24. The van der Waals surface area contributed by atoms with Gasteiger partial charge in [-0.2, -0.15) is 0 Å². The molecule has 90 valence electrons.